The van der Waals surface area contributed by atoms with Crippen molar-refractivity contribution in [3.63, 3.8) is 0 Å². The third kappa shape index (κ3) is 8.26. The Morgan fingerprint density at radius 1 is 1.00 bits per heavy atom. The lowest BCUT2D eigenvalue weighted by atomic mass is 9.91. The first-order valence-corrected chi connectivity index (χ1v) is 19.6. The second-order valence-corrected chi connectivity index (χ2v) is 16.7. The van der Waals surface area contributed by atoms with Crippen LogP contribution in [0.1, 0.15) is 42.9 Å². The van der Waals surface area contributed by atoms with Crippen LogP contribution in [0.4, 0.5) is 28.8 Å². The smallest absolute Gasteiger partial charge is 0.234 e. The van der Waals surface area contributed by atoms with E-state index < -0.39 is 7.14 Å². The summed E-state index contributed by atoms with van der Waals surface area (Å²) in [7, 11) is 1.22. The Morgan fingerprint density at radius 3 is 2.48 bits per heavy atom. The van der Waals surface area contributed by atoms with Crippen LogP contribution in [-0.2, 0) is 20.7 Å². The van der Waals surface area contributed by atoms with Crippen LogP contribution in [-0.4, -0.2) is 78.3 Å². The molecule has 2 saturated heterocycles. The average Bonchev–Trinajstić information content (AvgIpc) is 3.10. The van der Waals surface area contributed by atoms with Gasteiger partial charge in [0.15, 0.2) is 5.82 Å². The molecule has 262 valence electrons. The van der Waals surface area contributed by atoms with E-state index in [1.807, 2.05) is 48.5 Å². The number of nitrogens with one attached hydrogen (secondary N) is 3. The molecule has 0 saturated carbocycles. The third-order valence-corrected chi connectivity index (χ3v) is 11.1. The summed E-state index contributed by atoms with van der Waals surface area (Å²) in [4.78, 5) is 42.0. The van der Waals surface area contributed by atoms with Crippen molar-refractivity contribution in [2.45, 2.75) is 44.2 Å². The van der Waals surface area contributed by atoms with Gasteiger partial charge in [-0.2, -0.15) is 4.98 Å². The van der Waals surface area contributed by atoms with Crippen molar-refractivity contribution >= 4 is 64.7 Å². The van der Waals surface area contributed by atoms with Gasteiger partial charge < -0.3 is 24.8 Å². The molecule has 6 rings (SSSR count). The Morgan fingerprint density at radius 2 is 1.78 bits per heavy atom. The van der Waals surface area contributed by atoms with Gasteiger partial charge in [0.25, 0.3) is 0 Å². The lowest BCUT2D eigenvalue weighted by Crippen LogP contribution is -2.43. The van der Waals surface area contributed by atoms with Gasteiger partial charge in [0.1, 0.15) is 17.9 Å². The Balaban J connectivity index is 1.05. The van der Waals surface area contributed by atoms with Gasteiger partial charge in [0.2, 0.25) is 17.8 Å². The van der Waals surface area contributed by atoms with E-state index in [-0.39, 0.29) is 17.7 Å². The van der Waals surface area contributed by atoms with Crippen LogP contribution < -0.4 is 30.9 Å². The summed E-state index contributed by atoms with van der Waals surface area (Å²) in [5.41, 5.74) is 4.25. The first-order chi connectivity index (χ1) is 24.0. The van der Waals surface area contributed by atoms with Crippen molar-refractivity contribution in [3.8, 4) is 5.75 Å². The molecule has 3 N–H and O–H groups in total. The molecule has 4 heterocycles. The van der Waals surface area contributed by atoms with Gasteiger partial charge in [-0.15, -0.1) is 0 Å². The largest absolute Gasteiger partial charge is 0.494 e. The molecule has 50 heavy (non-hydrogen) atoms. The Kier molecular flexibility index (Phi) is 10.7. The number of ether oxygens (including phenoxy) is 1. The maximum atomic E-state index is 12.9. The van der Waals surface area contributed by atoms with E-state index in [0.717, 1.165) is 42.9 Å². The number of amides is 2. The minimum atomic E-state index is -2.54. The van der Waals surface area contributed by atoms with Gasteiger partial charge in [0.05, 0.1) is 36.3 Å². The molecule has 2 aromatic heterocycles. The number of carbonyl (C=O) groups excluding carboxylic acids is 2. The van der Waals surface area contributed by atoms with Gasteiger partial charge in [-0.25, -0.2) is 4.98 Å². The Bertz CT molecular complexity index is 1910. The molecule has 2 aliphatic rings. The topological polar surface area (TPSA) is 142 Å². The van der Waals surface area contributed by atoms with Gasteiger partial charge in [-0.3, -0.25) is 24.8 Å². The van der Waals surface area contributed by atoms with Crippen molar-refractivity contribution in [2.24, 2.45) is 0 Å². The zero-order valence-electron chi connectivity index (χ0n) is 28.6. The van der Waals surface area contributed by atoms with Gasteiger partial charge in [-0.1, -0.05) is 29.8 Å². The fourth-order valence-electron chi connectivity index (χ4n) is 6.49. The predicted molar refractivity (Wildman–Crippen MR) is 198 cm³/mol. The minimum absolute atomic E-state index is 0.213. The molecule has 0 spiro atoms. The van der Waals surface area contributed by atoms with Gasteiger partial charge in [0, 0.05) is 55.4 Å². The maximum Gasteiger partial charge on any atom is 0.234 e. The van der Waals surface area contributed by atoms with Crippen LogP contribution in [0.3, 0.4) is 0 Å². The molecule has 2 aliphatic heterocycles. The number of para-hydroxylation sites is 1. The number of aromatic nitrogens is 3. The number of piperidine rings is 2. The van der Waals surface area contributed by atoms with Crippen molar-refractivity contribution < 1.29 is 18.9 Å². The summed E-state index contributed by atoms with van der Waals surface area (Å²) in [6.07, 6.45) is 6.15. The number of hydrogen-bond acceptors (Lipinski definition) is 11. The van der Waals surface area contributed by atoms with E-state index in [0.29, 0.717) is 64.6 Å². The van der Waals surface area contributed by atoms with E-state index in [1.54, 1.807) is 26.6 Å². The van der Waals surface area contributed by atoms with Crippen molar-refractivity contribution in [3.05, 3.63) is 83.3 Å². The zero-order valence-corrected chi connectivity index (χ0v) is 30.3. The molecule has 2 fully saturated rings. The SMILES string of the molecule is COc1cc(N2CCC(N(C)Cc3ccc(C4CCC(=O)NC4=O)cn3)CC2)ccc1Nc1ncc(Cl)c(Nc2ccccc2P(C)(C)=O)n1. The van der Waals surface area contributed by atoms with Crippen molar-refractivity contribution in [2.75, 3.05) is 56.1 Å². The molecular formula is C36H42ClN8O4P. The first kappa shape index (κ1) is 35.3. The fourth-order valence-corrected chi connectivity index (χ4v) is 7.78. The minimum Gasteiger partial charge on any atom is -0.494 e. The molecule has 0 bridgehead atoms. The highest BCUT2D eigenvalue weighted by Gasteiger charge is 2.29. The lowest BCUT2D eigenvalue weighted by molar-refractivity contribution is -0.134. The maximum absolute atomic E-state index is 12.9. The highest BCUT2D eigenvalue weighted by atomic mass is 35.5. The Labute approximate surface area is 297 Å². The normalized spacial score (nSPS) is 17.1. The van der Waals surface area contributed by atoms with E-state index in [9.17, 15) is 14.2 Å². The van der Waals surface area contributed by atoms with E-state index >= 15 is 0 Å². The van der Waals surface area contributed by atoms with Crippen LogP contribution in [0.15, 0.2) is 67.0 Å². The lowest BCUT2D eigenvalue weighted by Gasteiger charge is -2.38. The average molecular weight is 717 g/mol. The van der Waals surface area contributed by atoms with Crippen LogP contribution in [0.25, 0.3) is 0 Å². The van der Waals surface area contributed by atoms with Crippen LogP contribution in [0.5, 0.6) is 5.75 Å². The number of pyridine rings is 1. The molecule has 1 unspecified atom stereocenters. The molecule has 0 radical (unpaired) electrons. The number of imide groups is 1. The Hall–Kier alpha value is -4.51. The molecule has 2 aromatic carbocycles. The van der Waals surface area contributed by atoms with Crippen LogP contribution in [0, 0.1) is 0 Å². The van der Waals surface area contributed by atoms with E-state index in [2.05, 4.69) is 53.8 Å². The molecule has 2 amide bonds. The third-order valence-electron chi connectivity index (χ3n) is 9.27. The summed E-state index contributed by atoms with van der Waals surface area (Å²) < 4.78 is 18.6. The summed E-state index contributed by atoms with van der Waals surface area (Å²) in [5, 5.41) is 9.96. The number of rotatable bonds is 11. The summed E-state index contributed by atoms with van der Waals surface area (Å²) in [6.45, 7) is 5.96. The van der Waals surface area contributed by atoms with Crippen LogP contribution in [0.2, 0.25) is 5.02 Å². The predicted octanol–water partition coefficient (Wildman–Crippen LogP) is 5.89. The molecule has 14 heteroatoms. The molecular weight excluding hydrogens is 675 g/mol. The summed E-state index contributed by atoms with van der Waals surface area (Å²) >= 11 is 6.45. The number of carbonyl (C=O) groups is 2. The second kappa shape index (κ2) is 15.2. The number of anilines is 5. The van der Waals surface area contributed by atoms with Gasteiger partial charge in [-0.05, 0) is 75.5 Å². The summed E-state index contributed by atoms with van der Waals surface area (Å²) in [6, 6.07) is 17.8. The number of halogens is 1. The molecule has 12 nitrogen and oxygen atoms in total. The monoisotopic (exact) mass is 716 g/mol. The highest BCUT2D eigenvalue weighted by Crippen LogP contribution is 2.39. The first-order valence-electron chi connectivity index (χ1n) is 16.6. The fraction of sp³-hybridized carbons (Fsp3) is 0.361. The second-order valence-electron chi connectivity index (χ2n) is 13.1. The number of methoxy groups -OCH3 is 1. The number of nitrogens with zero attached hydrogens (tertiary/aromatic N) is 5. The molecule has 1 atom stereocenters. The van der Waals surface area contributed by atoms with Gasteiger partial charge >= 0.3 is 0 Å². The van der Waals surface area contributed by atoms with Crippen molar-refractivity contribution in [1.82, 2.24) is 25.2 Å². The molecule has 4 aromatic rings. The molecule has 0 aliphatic carbocycles. The quantitative estimate of drug-likeness (QED) is 0.126. The zero-order chi connectivity index (χ0) is 35.4. The van der Waals surface area contributed by atoms with E-state index in [1.165, 1.54) is 6.20 Å². The number of benzene rings is 2. The standard InChI is InChI=1S/C36H42ClN8O4P/c1-44(22-24-10-9-23(20-38-24)27-12-14-33(46)42-35(27)47)25-15-17-45(18-16-25)26-11-13-29(31(19-26)49-2)41-36-39-21-28(37)34(43-36)40-30-7-5-6-8-32(30)50(3,4)48/h5-11,13,19-21,25,27H,12,14-18,22H2,1-4H3,(H,42,46,47)(H2,39,40,41,43). The highest BCUT2D eigenvalue weighted by molar-refractivity contribution is 7.70. The number of hydrogen-bond donors (Lipinski definition) is 3. The van der Waals surface area contributed by atoms with E-state index in [4.69, 9.17) is 16.3 Å². The van der Waals surface area contributed by atoms with Crippen LogP contribution >= 0.6 is 18.7 Å². The van der Waals surface area contributed by atoms with Crippen molar-refractivity contribution in [1.29, 1.82) is 0 Å². The summed E-state index contributed by atoms with van der Waals surface area (Å²) in [5.74, 6) is 0.606.